The Bertz CT molecular complexity index is 702. The van der Waals surface area contributed by atoms with Crippen LogP contribution in [0.2, 0.25) is 0 Å². The van der Waals surface area contributed by atoms with Gasteiger partial charge in [0.2, 0.25) is 5.91 Å². The molecule has 4 heteroatoms. The number of piperidine rings is 1. The highest BCUT2D eigenvalue weighted by Crippen LogP contribution is 2.34. The minimum Gasteiger partial charge on any atom is -0.508 e. The van der Waals surface area contributed by atoms with Gasteiger partial charge in [-0.05, 0) is 44.0 Å². The molecule has 2 aromatic carbocycles. The van der Waals surface area contributed by atoms with Gasteiger partial charge in [-0.1, -0.05) is 48.5 Å². The van der Waals surface area contributed by atoms with E-state index in [1.165, 1.54) is 5.56 Å². The van der Waals surface area contributed by atoms with Crippen molar-refractivity contribution in [2.45, 2.75) is 25.3 Å². The van der Waals surface area contributed by atoms with Gasteiger partial charge in [-0.3, -0.25) is 9.69 Å². The van der Waals surface area contributed by atoms with Crippen LogP contribution in [0.3, 0.4) is 0 Å². The van der Waals surface area contributed by atoms with E-state index in [2.05, 4.69) is 41.5 Å². The van der Waals surface area contributed by atoms with Crippen molar-refractivity contribution < 1.29 is 9.90 Å². The van der Waals surface area contributed by atoms with E-state index in [0.717, 1.165) is 19.4 Å². The van der Waals surface area contributed by atoms with Gasteiger partial charge in [0.15, 0.2) is 0 Å². The molecule has 2 unspecified atom stereocenters. The van der Waals surface area contributed by atoms with Gasteiger partial charge < -0.3 is 10.4 Å². The molecule has 0 saturated carbocycles. The van der Waals surface area contributed by atoms with E-state index in [9.17, 15) is 9.90 Å². The monoisotopic (exact) mass is 338 g/mol. The van der Waals surface area contributed by atoms with E-state index in [1.54, 1.807) is 18.2 Å². The fourth-order valence-electron chi connectivity index (χ4n) is 3.79. The first kappa shape index (κ1) is 17.5. The highest BCUT2D eigenvalue weighted by Gasteiger charge is 2.30. The van der Waals surface area contributed by atoms with Gasteiger partial charge in [-0.25, -0.2) is 0 Å². The third-order valence-corrected chi connectivity index (χ3v) is 5.05. The Balaban J connectivity index is 1.62. The molecule has 0 aromatic heterocycles. The van der Waals surface area contributed by atoms with Gasteiger partial charge in [0.05, 0.1) is 6.42 Å². The maximum atomic E-state index is 12.3. The summed E-state index contributed by atoms with van der Waals surface area (Å²) >= 11 is 0. The van der Waals surface area contributed by atoms with Crippen LogP contribution in [-0.4, -0.2) is 36.1 Å². The zero-order valence-corrected chi connectivity index (χ0v) is 14.7. The quantitative estimate of drug-likeness (QED) is 0.881. The van der Waals surface area contributed by atoms with Gasteiger partial charge in [-0.2, -0.15) is 0 Å². The van der Waals surface area contributed by atoms with E-state index >= 15 is 0 Å². The minimum absolute atomic E-state index is 0.0402. The van der Waals surface area contributed by atoms with Crippen molar-refractivity contribution in [3.05, 3.63) is 65.7 Å². The number of nitrogens with zero attached hydrogens (tertiary/aromatic N) is 1. The summed E-state index contributed by atoms with van der Waals surface area (Å²) in [6.07, 6.45) is 2.48. The second-order valence-corrected chi connectivity index (χ2v) is 6.85. The summed E-state index contributed by atoms with van der Waals surface area (Å²) in [7, 11) is 2.16. The molecule has 3 rings (SSSR count). The highest BCUT2D eigenvalue weighted by molar-refractivity contribution is 5.79. The number of phenolic OH excluding ortho intramolecular Hbond substituents is 1. The molecule has 132 valence electrons. The molecule has 1 amide bonds. The summed E-state index contributed by atoms with van der Waals surface area (Å²) in [5.41, 5.74) is 1.98. The van der Waals surface area contributed by atoms with Crippen LogP contribution >= 0.6 is 0 Å². The number of benzene rings is 2. The molecule has 1 aliphatic rings. The average Bonchev–Trinajstić information content (AvgIpc) is 2.63. The number of nitrogens with one attached hydrogen (secondary N) is 1. The van der Waals surface area contributed by atoms with Crippen molar-refractivity contribution in [1.29, 1.82) is 0 Å². The van der Waals surface area contributed by atoms with E-state index in [-0.39, 0.29) is 18.1 Å². The summed E-state index contributed by atoms with van der Waals surface area (Å²) in [6, 6.07) is 17.9. The molecule has 1 aliphatic heterocycles. The number of para-hydroxylation sites is 1. The SMILES string of the molecule is CN1CCCC(CNC(=O)Cc2ccccc2O)C1c1ccccc1. The molecule has 25 heavy (non-hydrogen) atoms. The Kier molecular flexibility index (Phi) is 5.71. The van der Waals surface area contributed by atoms with Crippen molar-refractivity contribution in [2.24, 2.45) is 5.92 Å². The number of aromatic hydroxyl groups is 1. The van der Waals surface area contributed by atoms with Gasteiger partial charge in [0, 0.05) is 18.2 Å². The molecule has 1 heterocycles. The maximum Gasteiger partial charge on any atom is 0.224 e. The van der Waals surface area contributed by atoms with Gasteiger partial charge in [0.1, 0.15) is 5.75 Å². The van der Waals surface area contributed by atoms with Gasteiger partial charge in [0.25, 0.3) is 0 Å². The summed E-state index contributed by atoms with van der Waals surface area (Å²) in [5, 5.41) is 12.9. The standard InChI is InChI=1S/C21H26N2O2/c1-23-13-7-11-18(21(23)16-8-3-2-4-9-16)15-22-20(25)14-17-10-5-6-12-19(17)24/h2-6,8-10,12,18,21,24H,7,11,13-15H2,1H3,(H,22,25). The third-order valence-electron chi connectivity index (χ3n) is 5.05. The number of hydrogen-bond acceptors (Lipinski definition) is 3. The summed E-state index contributed by atoms with van der Waals surface area (Å²) < 4.78 is 0. The lowest BCUT2D eigenvalue weighted by atomic mass is 9.85. The van der Waals surface area contributed by atoms with Crippen LogP contribution in [0.4, 0.5) is 0 Å². The summed E-state index contributed by atoms with van der Waals surface area (Å²) in [4.78, 5) is 14.7. The predicted molar refractivity (Wildman–Crippen MR) is 99.4 cm³/mol. The average molecular weight is 338 g/mol. The van der Waals surface area contributed by atoms with Crippen molar-refractivity contribution in [2.75, 3.05) is 20.1 Å². The second kappa shape index (κ2) is 8.17. The molecule has 0 aliphatic carbocycles. The number of carbonyl (C=O) groups is 1. The Morgan fingerprint density at radius 2 is 1.88 bits per heavy atom. The van der Waals surface area contributed by atoms with Crippen molar-refractivity contribution in [3.8, 4) is 5.75 Å². The highest BCUT2D eigenvalue weighted by atomic mass is 16.3. The Morgan fingerprint density at radius 1 is 1.16 bits per heavy atom. The molecule has 2 atom stereocenters. The maximum absolute atomic E-state index is 12.3. The number of amides is 1. The van der Waals surface area contributed by atoms with Crippen molar-refractivity contribution in [3.63, 3.8) is 0 Å². The molecular weight excluding hydrogens is 312 g/mol. The molecule has 0 spiro atoms. The normalized spacial score (nSPS) is 21.0. The number of hydrogen-bond donors (Lipinski definition) is 2. The topological polar surface area (TPSA) is 52.6 Å². The predicted octanol–water partition coefficient (Wildman–Crippen LogP) is 3.13. The summed E-state index contributed by atoms with van der Waals surface area (Å²) in [5.74, 6) is 0.535. The van der Waals surface area contributed by atoms with Gasteiger partial charge >= 0.3 is 0 Å². The molecule has 2 aromatic rings. The zero-order chi connectivity index (χ0) is 17.6. The zero-order valence-electron chi connectivity index (χ0n) is 14.7. The van der Waals surface area contributed by atoms with Crippen LogP contribution in [0, 0.1) is 5.92 Å². The number of likely N-dealkylation sites (tertiary alicyclic amines) is 1. The van der Waals surface area contributed by atoms with Crippen LogP contribution in [0.15, 0.2) is 54.6 Å². The molecular formula is C21H26N2O2. The number of phenols is 1. The van der Waals surface area contributed by atoms with Crippen molar-refractivity contribution in [1.82, 2.24) is 10.2 Å². The molecule has 1 saturated heterocycles. The molecule has 1 fully saturated rings. The van der Waals surface area contributed by atoms with Crippen molar-refractivity contribution >= 4 is 5.91 Å². The smallest absolute Gasteiger partial charge is 0.224 e. The van der Waals surface area contributed by atoms with Gasteiger partial charge in [-0.15, -0.1) is 0 Å². The number of carbonyl (C=O) groups excluding carboxylic acids is 1. The van der Waals surface area contributed by atoms with Crippen LogP contribution < -0.4 is 5.32 Å². The van der Waals surface area contributed by atoms with E-state index in [0.29, 0.717) is 24.1 Å². The molecule has 4 nitrogen and oxygen atoms in total. The molecule has 0 radical (unpaired) electrons. The molecule has 0 bridgehead atoms. The summed E-state index contributed by atoms with van der Waals surface area (Å²) in [6.45, 7) is 1.75. The first-order valence-electron chi connectivity index (χ1n) is 8.94. The Hall–Kier alpha value is -2.33. The lowest BCUT2D eigenvalue weighted by molar-refractivity contribution is -0.120. The molecule has 2 N–H and O–H groups in total. The lowest BCUT2D eigenvalue weighted by Gasteiger charge is -2.39. The third kappa shape index (κ3) is 4.40. The second-order valence-electron chi connectivity index (χ2n) is 6.85. The Labute approximate surface area is 149 Å². The Morgan fingerprint density at radius 3 is 2.64 bits per heavy atom. The van der Waals surface area contributed by atoms with Crippen LogP contribution in [0.1, 0.15) is 30.0 Å². The van der Waals surface area contributed by atoms with E-state index < -0.39 is 0 Å². The first-order valence-corrected chi connectivity index (χ1v) is 8.94. The van der Waals surface area contributed by atoms with Crippen LogP contribution in [0.25, 0.3) is 0 Å². The fraction of sp³-hybridized carbons (Fsp3) is 0.381. The minimum atomic E-state index is -0.0402. The fourth-order valence-corrected chi connectivity index (χ4v) is 3.79. The number of rotatable bonds is 5. The first-order chi connectivity index (χ1) is 12.1. The van der Waals surface area contributed by atoms with E-state index in [1.807, 2.05) is 12.1 Å². The van der Waals surface area contributed by atoms with Crippen LogP contribution in [0.5, 0.6) is 5.75 Å². The van der Waals surface area contributed by atoms with E-state index in [4.69, 9.17) is 0 Å². The van der Waals surface area contributed by atoms with Crippen LogP contribution in [-0.2, 0) is 11.2 Å². The largest absolute Gasteiger partial charge is 0.508 e. The lowest BCUT2D eigenvalue weighted by Crippen LogP contribution is -2.42.